The summed E-state index contributed by atoms with van der Waals surface area (Å²) in [5.41, 5.74) is 6.24. The molecule has 0 aliphatic rings. The van der Waals surface area contributed by atoms with Crippen molar-refractivity contribution in [1.29, 1.82) is 0 Å². The quantitative estimate of drug-likeness (QED) is 0.347. The van der Waals surface area contributed by atoms with Gasteiger partial charge in [-0.15, -0.1) is 0 Å². The van der Waals surface area contributed by atoms with E-state index in [0.29, 0.717) is 12.0 Å². The number of nitrogens with zero attached hydrogens (tertiary/aromatic N) is 4. The third-order valence-corrected chi connectivity index (χ3v) is 6.27. The molecular weight excluding hydrogens is 418 g/mol. The Morgan fingerprint density at radius 3 is 2.81 bits per heavy atom. The summed E-state index contributed by atoms with van der Waals surface area (Å²) in [6, 6.07) is 17.3. The Hall–Kier alpha value is -3.84. The van der Waals surface area contributed by atoms with E-state index >= 15 is 0 Å². The number of aryl methyl sites for hydroxylation is 2. The van der Waals surface area contributed by atoms with Gasteiger partial charge in [-0.1, -0.05) is 35.6 Å². The van der Waals surface area contributed by atoms with E-state index in [1.165, 1.54) is 0 Å². The molecule has 158 valence electrons. The number of hydrogen-bond donors (Lipinski definition) is 1. The van der Waals surface area contributed by atoms with Crippen LogP contribution in [0.15, 0.2) is 73.2 Å². The van der Waals surface area contributed by atoms with Crippen LogP contribution < -0.4 is 5.32 Å². The Morgan fingerprint density at radius 1 is 1.03 bits per heavy atom. The van der Waals surface area contributed by atoms with Crippen LogP contribution in [0, 0.1) is 13.8 Å². The number of carbonyl (C=O) groups excluding carboxylic acids is 1. The van der Waals surface area contributed by atoms with E-state index < -0.39 is 0 Å². The second-order valence-corrected chi connectivity index (χ2v) is 8.59. The summed E-state index contributed by atoms with van der Waals surface area (Å²) in [5.74, 6) is 0.0610. The minimum absolute atomic E-state index is 0.0610. The molecule has 7 heteroatoms. The summed E-state index contributed by atoms with van der Waals surface area (Å²) in [6.45, 7) is 3.93. The minimum atomic E-state index is 0.0610. The molecule has 32 heavy (non-hydrogen) atoms. The summed E-state index contributed by atoms with van der Waals surface area (Å²) in [4.78, 5) is 27.3. The molecule has 0 bridgehead atoms. The zero-order valence-corrected chi connectivity index (χ0v) is 18.6. The van der Waals surface area contributed by atoms with Crippen molar-refractivity contribution in [3.8, 4) is 10.6 Å². The van der Waals surface area contributed by atoms with Crippen LogP contribution in [0.25, 0.3) is 16.2 Å². The molecule has 0 spiro atoms. The molecule has 1 aromatic carbocycles. The largest absolute Gasteiger partial charge is 0.332 e. The van der Waals surface area contributed by atoms with Gasteiger partial charge >= 0.3 is 0 Å². The van der Waals surface area contributed by atoms with Gasteiger partial charge in [-0.25, -0.2) is 9.97 Å². The maximum absolute atomic E-state index is 12.8. The summed E-state index contributed by atoms with van der Waals surface area (Å²) in [7, 11) is 0. The molecule has 0 aliphatic heterocycles. The van der Waals surface area contributed by atoms with Gasteiger partial charge in [0.15, 0.2) is 10.9 Å². The number of imidazole rings is 1. The van der Waals surface area contributed by atoms with E-state index in [1.807, 2.05) is 80.8 Å². The van der Waals surface area contributed by atoms with Crippen molar-refractivity contribution in [2.45, 2.75) is 20.3 Å². The monoisotopic (exact) mass is 439 g/mol. The Balaban J connectivity index is 1.37. The Labute approximate surface area is 189 Å². The van der Waals surface area contributed by atoms with Crippen LogP contribution in [0.2, 0.25) is 0 Å². The Kier molecular flexibility index (Phi) is 5.25. The number of anilines is 2. The summed E-state index contributed by atoms with van der Waals surface area (Å²) in [6.07, 6.45) is 5.94. The number of ketones is 1. The third kappa shape index (κ3) is 3.90. The standard InChI is InChI=1S/C25H21N5OS/c1-16-18(8-6-11-26-16)14-21(31)19-7-5-9-20(13-19)29-25-27-15-22(32-25)24-17(2)28-23-10-3-4-12-30(23)24/h3-13,15H,14H2,1-2H3,(H,27,29). The van der Waals surface area contributed by atoms with Crippen molar-refractivity contribution < 1.29 is 4.79 Å². The highest BCUT2D eigenvalue weighted by atomic mass is 32.1. The molecule has 0 amide bonds. The first-order valence-electron chi connectivity index (χ1n) is 10.3. The van der Waals surface area contributed by atoms with E-state index in [9.17, 15) is 4.79 Å². The molecule has 1 N–H and O–H groups in total. The maximum Gasteiger partial charge on any atom is 0.187 e. The minimum Gasteiger partial charge on any atom is -0.332 e. The summed E-state index contributed by atoms with van der Waals surface area (Å²) < 4.78 is 2.08. The lowest BCUT2D eigenvalue weighted by Gasteiger charge is -2.07. The van der Waals surface area contributed by atoms with E-state index in [0.717, 1.165) is 44.0 Å². The van der Waals surface area contributed by atoms with E-state index in [-0.39, 0.29) is 5.78 Å². The first kappa shape index (κ1) is 20.1. The zero-order valence-electron chi connectivity index (χ0n) is 17.7. The van der Waals surface area contributed by atoms with Crippen LogP contribution in [0.3, 0.4) is 0 Å². The zero-order chi connectivity index (χ0) is 22.1. The number of aromatic nitrogens is 4. The number of hydrogen-bond acceptors (Lipinski definition) is 6. The predicted molar refractivity (Wildman–Crippen MR) is 128 cm³/mol. The molecule has 0 saturated carbocycles. The Morgan fingerprint density at radius 2 is 1.94 bits per heavy atom. The summed E-state index contributed by atoms with van der Waals surface area (Å²) in [5, 5.41) is 4.10. The fraction of sp³-hybridized carbons (Fsp3) is 0.120. The second kappa shape index (κ2) is 8.36. The van der Waals surface area contributed by atoms with Crippen LogP contribution in [-0.2, 0) is 6.42 Å². The van der Waals surface area contributed by atoms with Crippen LogP contribution in [-0.4, -0.2) is 25.1 Å². The van der Waals surface area contributed by atoms with E-state index in [2.05, 4.69) is 24.7 Å². The molecule has 0 unspecified atom stereocenters. The molecule has 0 radical (unpaired) electrons. The van der Waals surface area contributed by atoms with E-state index in [4.69, 9.17) is 0 Å². The van der Waals surface area contributed by atoms with Gasteiger partial charge in [-0.2, -0.15) is 0 Å². The normalized spacial score (nSPS) is 11.1. The molecule has 6 nitrogen and oxygen atoms in total. The number of benzene rings is 1. The Bertz CT molecular complexity index is 1440. The molecule has 0 aliphatic carbocycles. The number of rotatable bonds is 6. The fourth-order valence-corrected chi connectivity index (χ4v) is 4.66. The van der Waals surface area contributed by atoms with Gasteiger partial charge in [0.2, 0.25) is 0 Å². The molecule has 4 aromatic heterocycles. The lowest BCUT2D eigenvalue weighted by Crippen LogP contribution is -2.06. The smallest absolute Gasteiger partial charge is 0.187 e. The SMILES string of the molecule is Cc1ncccc1CC(=O)c1cccc(Nc2ncc(-c3c(C)nc4ccccn34)s2)c1. The first-order chi connectivity index (χ1) is 15.6. The maximum atomic E-state index is 12.8. The van der Waals surface area contributed by atoms with Gasteiger partial charge in [0.05, 0.1) is 16.3 Å². The fourth-order valence-electron chi connectivity index (χ4n) is 3.73. The van der Waals surface area contributed by atoms with Crippen molar-refractivity contribution in [3.63, 3.8) is 0 Å². The van der Waals surface area contributed by atoms with Crippen molar-refractivity contribution in [2.24, 2.45) is 0 Å². The molecule has 0 atom stereocenters. The van der Waals surface area contributed by atoms with Crippen molar-refractivity contribution in [3.05, 3.63) is 95.7 Å². The average molecular weight is 440 g/mol. The number of Topliss-reactive ketones (excluding diaryl/α,β-unsaturated/α-hetero) is 1. The number of pyridine rings is 2. The van der Waals surface area contributed by atoms with Crippen molar-refractivity contribution in [1.82, 2.24) is 19.4 Å². The van der Waals surface area contributed by atoms with E-state index in [1.54, 1.807) is 17.5 Å². The van der Waals surface area contributed by atoms with Crippen LogP contribution in [0.5, 0.6) is 0 Å². The van der Waals surface area contributed by atoms with Crippen molar-refractivity contribution >= 4 is 33.6 Å². The topological polar surface area (TPSA) is 72.2 Å². The molecule has 0 saturated heterocycles. The number of carbonyl (C=O) groups is 1. The molecular formula is C25H21N5OS. The highest BCUT2D eigenvalue weighted by molar-refractivity contribution is 7.18. The molecule has 4 heterocycles. The highest BCUT2D eigenvalue weighted by Crippen LogP contribution is 2.33. The lowest BCUT2D eigenvalue weighted by molar-refractivity contribution is 0.0992. The van der Waals surface area contributed by atoms with Gasteiger partial charge in [0.25, 0.3) is 0 Å². The lowest BCUT2D eigenvalue weighted by atomic mass is 10.0. The van der Waals surface area contributed by atoms with Crippen LogP contribution >= 0.6 is 11.3 Å². The number of fused-ring (bicyclic) bond motifs is 1. The van der Waals surface area contributed by atoms with Gasteiger partial charge < -0.3 is 5.32 Å². The second-order valence-electron chi connectivity index (χ2n) is 7.56. The van der Waals surface area contributed by atoms with Gasteiger partial charge in [-0.3, -0.25) is 14.2 Å². The van der Waals surface area contributed by atoms with Gasteiger partial charge in [-0.05, 0) is 49.7 Å². The number of nitrogens with one attached hydrogen (secondary N) is 1. The third-order valence-electron chi connectivity index (χ3n) is 5.35. The number of thiazole rings is 1. The molecule has 5 rings (SSSR count). The molecule has 5 aromatic rings. The van der Waals surface area contributed by atoms with Crippen LogP contribution in [0.4, 0.5) is 10.8 Å². The van der Waals surface area contributed by atoms with Gasteiger partial charge in [0, 0.05) is 42.0 Å². The molecule has 0 fully saturated rings. The van der Waals surface area contributed by atoms with Crippen LogP contribution in [0.1, 0.15) is 27.3 Å². The first-order valence-corrected chi connectivity index (χ1v) is 11.1. The average Bonchev–Trinajstić information content (AvgIpc) is 3.38. The highest BCUT2D eigenvalue weighted by Gasteiger charge is 2.14. The predicted octanol–water partition coefficient (Wildman–Crippen LogP) is 5.64. The van der Waals surface area contributed by atoms with Crippen molar-refractivity contribution in [2.75, 3.05) is 5.32 Å². The van der Waals surface area contributed by atoms with Gasteiger partial charge in [0.1, 0.15) is 5.65 Å². The summed E-state index contributed by atoms with van der Waals surface area (Å²) >= 11 is 1.56.